The van der Waals surface area contributed by atoms with E-state index < -0.39 is 16.4 Å². The highest BCUT2D eigenvalue weighted by molar-refractivity contribution is 5.91. The number of pyridine rings is 1. The molecule has 1 heterocycles. The van der Waals surface area contributed by atoms with Gasteiger partial charge in [0.05, 0.1) is 11.1 Å². The third-order valence-electron chi connectivity index (χ3n) is 3.87. The van der Waals surface area contributed by atoms with Crippen molar-refractivity contribution in [3.8, 4) is 0 Å². The van der Waals surface area contributed by atoms with Gasteiger partial charge >= 0.3 is 0 Å². The van der Waals surface area contributed by atoms with Gasteiger partial charge in [-0.1, -0.05) is 32.0 Å². The van der Waals surface area contributed by atoms with E-state index in [1.165, 1.54) is 0 Å². The number of carbonyl (C=O) groups is 1. The third kappa shape index (κ3) is 4.07. The highest BCUT2D eigenvalue weighted by Crippen LogP contribution is 2.26. The SMILES string of the molecule is CC[C@H](C)c1ccccc1NC(=O)Cn1cc([N+](=O)[O-])ccc1=O. The molecule has 24 heavy (non-hydrogen) atoms. The zero-order chi connectivity index (χ0) is 17.7. The first-order valence-corrected chi connectivity index (χ1v) is 7.66. The Morgan fingerprint density at radius 2 is 2.00 bits per heavy atom. The standard InChI is InChI=1S/C17H19N3O4/c1-3-12(2)14-6-4-5-7-15(14)18-16(21)11-19-10-13(20(23)24)8-9-17(19)22/h4-10,12H,3,11H2,1-2H3,(H,18,21)/t12-/m0/s1. The predicted octanol–water partition coefficient (Wildman–Crippen LogP) is 2.91. The van der Waals surface area contributed by atoms with Crippen LogP contribution in [0, 0.1) is 10.1 Å². The summed E-state index contributed by atoms with van der Waals surface area (Å²) in [7, 11) is 0. The molecule has 1 atom stereocenters. The van der Waals surface area contributed by atoms with Crippen LogP contribution < -0.4 is 10.9 Å². The fraction of sp³-hybridized carbons (Fsp3) is 0.294. The lowest BCUT2D eigenvalue weighted by Gasteiger charge is -2.15. The van der Waals surface area contributed by atoms with Gasteiger partial charge in [0.15, 0.2) is 0 Å². The predicted molar refractivity (Wildman–Crippen MR) is 91.1 cm³/mol. The van der Waals surface area contributed by atoms with E-state index >= 15 is 0 Å². The number of amides is 1. The molecule has 2 rings (SSSR count). The summed E-state index contributed by atoms with van der Waals surface area (Å²) in [6.45, 7) is 3.84. The van der Waals surface area contributed by atoms with Gasteiger partial charge in [0.2, 0.25) is 5.91 Å². The van der Waals surface area contributed by atoms with E-state index in [0.717, 1.165) is 34.9 Å². The molecule has 0 spiro atoms. The third-order valence-corrected chi connectivity index (χ3v) is 3.87. The molecule has 1 amide bonds. The van der Waals surface area contributed by atoms with Gasteiger partial charge in [-0.2, -0.15) is 0 Å². The van der Waals surface area contributed by atoms with E-state index in [9.17, 15) is 19.7 Å². The van der Waals surface area contributed by atoms with E-state index in [-0.39, 0.29) is 18.2 Å². The Bertz CT molecular complexity index is 813. The lowest BCUT2D eigenvalue weighted by atomic mass is 9.97. The zero-order valence-corrected chi connectivity index (χ0v) is 13.6. The number of nitrogens with zero attached hydrogens (tertiary/aromatic N) is 2. The molecule has 7 heteroatoms. The van der Waals surface area contributed by atoms with Crippen LogP contribution >= 0.6 is 0 Å². The molecule has 1 aromatic heterocycles. The summed E-state index contributed by atoms with van der Waals surface area (Å²) in [5.41, 5.74) is 1.00. The zero-order valence-electron chi connectivity index (χ0n) is 13.6. The molecule has 0 saturated carbocycles. The molecule has 0 bridgehead atoms. The number of para-hydroxylation sites is 1. The van der Waals surface area contributed by atoms with Crippen molar-refractivity contribution in [2.45, 2.75) is 32.7 Å². The van der Waals surface area contributed by atoms with Gasteiger partial charge in [0, 0.05) is 17.8 Å². The van der Waals surface area contributed by atoms with Crippen LogP contribution in [-0.4, -0.2) is 15.4 Å². The fourth-order valence-electron chi connectivity index (χ4n) is 2.36. The van der Waals surface area contributed by atoms with Crippen LogP contribution in [0.2, 0.25) is 0 Å². The molecule has 7 nitrogen and oxygen atoms in total. The summed E-state index contributed by atoms with van der Waals surface area (Å²) in [5.74, 6) is -0.129. The lowest BCUT2D eigenvalue weighted by molar-refractivity contribution is -0.385. The smallest absolute Gasteiger partial charge is 0.285 e. The molecule has 0 unspecified atom stereocenters. The summed E-state index contributed by atoms with van der Waals surface area (Å²) in [6.07, 6.45) is 2.00. The number of anilines is 1. The normalized spacial score (nSPS) is 11.8. The summed E-state index contributed by atoms with van der Waals surface area (Å²) < 4.78 is 1.03. The first-order chi connectivity index (χ1) is 11.4. The Kier molecular flexibility index (Phi) is 5.47. The number of carbonyl (C=O) groups excluding carboxylic acids is 1. The minimum atomic E-state index is -0.605. The van der Waals surface area contributed by atoms with Crippen molar-refractivity contribution in [3.05, 3.63) is 68.6 Å². The molecule has 0 aliphatic heterocycles. The van der Waals surface area contributed by atoms with Crippen LogP contribution in [0.5, 0.6) is 0 Å². The van der Waals surface area contributed by atoms with Gasteiger partial charge in [0.1, 0.15) is 6.54 Å². The van der Waals surface area contributed by atoms with Crippen LogP contribution in [0.25, 0.3) is 0 Å². The van der Waals surface area contributed by atoms with Gasteiger partial charge in [-0.25, -0.2) is 0 Å². The second-order valence-corrected chi connectivity index (χ2v) is 5.56. The molecule has 2 aromatic rings. The first kappa shape index (κ1) is 17.4. The molecule has 126 valence electrons. The van der Waals surface area contributed by atoms with E-state index in [4.69, 9.17) is 0 Å². The Hall–Kier alpha value is -2.96. The molecule has 0 aliphatic rings. The van der Waals surface area contributed by atoms with E-state index in [1.54, 1.807) is 6.07 Å². The van der Waals surface area contributed by atoms with Crippen LogP contribution in [0.15, 0.2) is 47.4 Å². The van der Waals surface area contributed by atoms with Crippen molar-refractivity contribution in [1.29, 1.82) is 0 Å². The monoisotopic (exact) mass is 329 g/mol. The molecule has 0 saturated heterocycles. The summed E-state index contributed by atoms with van der Waals surface area (Å²) in [6, 6.07) is 9.68. The summed E-state index contributed by atoms with van der Waals surface area (Å²) in [5, 5.41) is 13.6. The fourth-order valence-corrected chi connectivity index (χ4v) is 2.36. The minimum Gasteiger partial charge on any atom is -0.324 e. The van der Waals surface area contributed by atoms with Gasteiger partial charge in [-0.05, 0) is 24.0 Å². The highest BCUT2D eigenvalue weighted by atomic mass is 16.6. The van der Waals surface area contributed by atoms with Crippen molar-refractivity contribution >= 4 is 17.3 Å². The Morgan fingerprint density at radius 3 is 2.67 bits per heavy atom. The molecular formula is C17H19N3O4. The number of benzene rings is 1. The van der Waals surface area contributed by atoms with Crippen molar-refractivity contribution in [3.63, 3.8) is 0 Å². The van der Waals surface area contributed by atoms with Crippen molar-refractivity contribution in [2.24, 2.45) is 0 Å². The van der Waals surface area contributed by atoms with E-state index in [0.29, 0.717) is 5.69 Å². The van der Waals surface area contributed by atoms with E-state index in [1.807, 2.05) is 18.2 Å². The molecule has 0 radical (unpaired) electrons. The van der Waals surface area contributed by atoms with Crippen LogP contribution in [-0.2, 0) is 11.3 Å². The number of rotatable bonds is 6. The molecular weight excluding hydrogens is 310 g/mol. The topological polar surface area (TPSA) is 94.2 Å². The van der Waals surface area contributed by atoms with Crippen LogP contribution in [0.3, 0.4) is 0 Å². The van der Waals surface area contributed by atoms with Gasteiger partial charge < -0.3 is 5.32 Å². The van der Waals surface area contributed by atoms with Crippen molar-refractivity contribution < 1.29 is 9.72 Å². The van der Waals surface area contributed by atoms with Gasteiger partial charge in [-0.15, -0.1) is 0 Å². The maximum Gasteiger partial charge on any atom is 0.285 e. The van der Waals surface area contributed by atoms with E-state index in [2.05, 4.69) is 19.2 Å². The summed E-state index contributed by atoms with van der Waals surface area (Å²) >= 11 is 0. The average Bonchev–Trinajstić information content (AvgIpc) is 2.56. The average molecular weight is 329 g/mol. The number of hydrogen-bond acceptors (Lipinski definition) is 4. The number of hydrogen-bond donors (Lipinski definition) is 1. The highest BCUT2D eigenvalue weighted by Gasteiger charge is 2.13. The summed E-state index contributed by atoms with van der Waals surface area (Å²) in [4.78, 5) is 34.2. The van der Waals surface area contributed by atoms with Gasteiger partial charge in [-0.3, -0.25) is 24.3 Å². The van der Waals surface area contributed by atoms with Gasteiger partial charge in [0.25, 0.3) is 11.2 Å². The molecule has 0 fully saturated rings. The Labute approximate surface area is 139 Å². The maximum absolute atomic E-state index is 12.2. The number of aromatic nitrogens is 1. The largest absolute Gasteiger partial charge is 0.324 e. The molecule has 1 N–H and O–H groups in total. The first-order valence-electron chi connectivity index (χ1n) is 7.66. The quantitative estimate of drug-likeness (QED) is 0.651. The lowest BCUT2D eigenvalue weighted by Crippen LogP contribution is -2.27. The van der Waals surface area contributed by atoms with Crippen LogP contribution in [0.1, 0.15) is 31.7 Å². The number of nitrogens with one attached hydrogen (secondary N) is 1. The van der Waals surface area contributed by atoms with Crippen molar-refractivity contribution in [1.82, 2.24) is 4.57 Å². The molecule has 1 aromatic carbocycles. The Balaban J connectivity index is 2.19. The minimum absolute atomic E-state index is 0.234. The van der Waals surface area contributed by atoms with Crippen LogP contribution in [0.4, 0.5) is 11.4 Å². The second-order valence-electron chi connectivity index (χ2n) is 5.56. The Morgan fingerprint density at radius 1 is 1.29 bits per heavy atom. The maximum atomic E-state index is 12.2. The van der Waals surface area contributed by atoms with Crippen molar-refractivity contribution in [2.75, 3.05) is 5.32 Å². The molecule has 0 aliphatic carbocycles. The number of nitro groups is 1. The second kappa shape index (κ2) is 7.54.